The lowest BCUT2D eigenvalue weighted by atomic mass is 10.0. The molecule has 0 radical (unpaired) electrons. The van der Waals surface area contributed by atoms with Crippen LogP contribution in [0.25, 0.3) is 0 Å². The molecule has 1 unspecified atom stereocenters. The van der Waals surface area contributed by atoms with E-state index in [0.29, 0.717) is 12.6 Å². The third kappa shape index (κ3) is 4.09. The Hall–Kier alpha value is -0.900. The van der Waals surface area contributed by atoms with Gasteiger partial charge in [0.2, 0.25) is 0 Å². The second kappa shape index (κ2) is 7.58. The Labute approximate surface area is 148 Å². The van der Waals surface area contributed by atoms with E-state index >= 15 is 0 Å². The Morgan fingerprint density at radius 1 is 1.50 bits per heavy atom. The quantitative estimate of drug-likeness (QED) is 0.381. The van der Waals surface area contributed by atoms with Crippen molar-refractivity contribution in [3.8, 4) is 0 Å². The molecule has 1 atom stereocenters. The highest BCUT2D eigenvalue weighted by Gasteiger charge is 2.31. The van der Waals surface area contributed by atoms with Crippen molar-refractivity contribution >= 4 is 29.9 Å². The van der Waals surface area contributed by atoms with Gasteiger partial charge in [0.15, 0.2) is 5.96 Å². The van der Waals surface area contributed by atoms with Gasteiger partial charge in [-0.1, -0.05) is 12.8 Å². The highest BCUT2D eigenvalue weighted by molar-refractivity contribution is 14.0. The van der Waals surface area contributed by atoms with E-state index < -0.39 is 5.60 Å². The Kier molecular flexibility index (Phi) is 6.01. The fourth-order valence-corrected chi connectivity index (χ4v) is 3.20. The minimum atomic E-state index is -0.566. The number of nitrogens with zero attached hydrogens (tertiary/aromatic N) is 4. The average molecular weight is 420 g/mol. The number of nitrogens with one attached hydrogen (secondary N) is 2. The summed E-state index contributed by atoms with van der Waals surface area (Å²) in [5.41, 5.74) is -0.566. The van der Waals surface area contributed by atoms with Crippen LogP contribution in [-0.4, -0.2) is 51.1 Å². The van der Waals surface area contributed by atoms with Crippen molar-refractivity contribution in [1.82, 2.24) is 25.4 Å². The maximum Gasteiger partial charge on any atom is 0.191 e. The lowest BCUT2D eigenvalue weighted by Gasteiger charge is -2.28. The lowest BCUT2D eigenvalue weighted by molar-refractivity contribution is 0.0521. The number of halogens is 1. The van der Waals surface area contributed by atoms with E-state index in [0.717, 1.165) is 56.9 Å². The SMILES string of the molecule is CN=C(NCC1(O)CCCC1)NC1CCc2ncnn2C1.I. The fraction of sp³-hybridized carbons (Fsp3) is 0.786. The van der Waals surface area contributed by atoms with Crippen LogP contribution in [0.5, 0.6) is 0 Å². The van der Waals surface area contributed by atoms with Gasteiger partial charge in [-0.05, 0) is 19.3 Å². The second-order valence-corrected chi connectivity index (χ2v) is 6.10. The standard InChI is InChI=1S/C14H24N6O.HI/c1-15-13(16-9-14(21)6-2-3-7-14)19-11-4-5-12-17-10-18-20(12)8-11;/h10-11,21H,2-9H2,1H3,(H2,15,16,19);1H. The van der Waals surface area contributed by atoms with Crippen LogP contribution in [0.1, 0.15) is 37.9 Å². The molecule has 0 bridgehead atoms. The number of aliphatic imine (C=N–C) groups is 1. The average Bonchev–Trinajstić information content (AvgIpc) is 3.12. The molecule has 0 spiro atoms. The molecule has 0 amide bonds. The third-order valence-electron chi connectivity index (χ3n) is 4.49. The van der Waals surface area contributed by atoms with Crippen molar-refractivity contribution in [3.05, 3.63) is 12.2 Å². The molecule has 1 saturated carbocycles. The molecule has 3 rings (SSSR count). The van der Waals surface area contributed by atoms with Crippen molar-refractivity contribution < 1.29 is 5.11 Å². The summed E-state index contributed by atoms with van der Waals surface area (Å²) in [4.78, 5) is 8.49. The summed E-state index contributed by atoms with van der Waals surface area (Å²) in [6.07, 6.45) is 7.54. The molecular formula is C14H25IN6O. The zero-order valence-electron chi connectivity index (χ0n) is 13.0. The normalized spacial score (nSPS) is 23.5. The molecular weight excluding hydrogens is 395 g/mol. The first-order valence-corrected chi connectivity index (χ1v) is 7.75. The molecule has 1 fully saturated rings. The van der Waals surface area contributed by atoms with Crippen molar-refractivity contribution in [1.29, 1.82) is 0 Å². The van der Waals surface area contributed by atoms with E-state index in [1.54, 1.807) is 13.4 Å². The van der Waals surface area contributed by atoms with Crippen LogP contribution in [0.4, 0.5) is 0 Å². The number of fused-ring (bicyclic) bond motifs is 1. The number of hydrogen-bond acceptors (Lipinski definition) is 4. The number of aliphatic hydroxyl groups is 1. The Morgan fingerprint density at radius 2 is 2.27 bits per heavy atom. The van der Waals surface area contributed by atoms with Gasteiger partial charge < -0.3 is 15.7 Å². The van der Waals surface area contributed by atoms with Gasteiger partial charge in [-0.15, -0.1) is 24.0 Å². The van der Waals surface area contributed by atoms with Crippen LogP contribution in [0.15, 0.2) is 11.3 Å². The van der Waals surface area contributed by atoms with Crippen molar-refractivity contribution in [2.75, 3.05) is 13.6 Å². The highest BCUT2D eigenvalue weighted by Crippen LogP contribution is 2.28. The van der Waals surface area contributed by atoms with Crippen molar-refractivity contribution in [3.63, 3.8) is 0 Å². The number of aryl methyl sites for hydroxylation is 1. The van der Waals surface area contributed by atoms with E-state index in [1.165, 1.54) is 0 Å². The summed E-state index contributed by atoms with van der Waals surface area (Å²) < 4.78 is 1.94. The lowest BCUT2D eigenvalue weighted by Crippen LogP contribution is -2.50. The van der Waals surface area contributed by atoms with Gasteiger partial charge in [0.1, 0.15) is 12.2 Å². The minimum absolute atomic E-state index is 0. The molecule has 1 aliphatic carbocycles. The van der Waals surface area contributed by atoms with Crippen LogP contribution < -0.4 is 10.6 Å². The predicted octanol–water partition coefficient (Wildman–Crippen LogP) is 0.681. The molecule has 2 aliphatic rings. The van der Waals surface area contributed by atoms with Crippen LogP contribution in [-0.2, 0) is 13.0 Å². The maximum absolute atomic E-state index is 10.4. The summed E-state index contributed by atoms with van der Waals surface area (Å²) in [5.74, 6) is 1.81. The predicted molar refractivity (Wildman–Crippen MR) is 95.5 cm³/mol. The summed E-state index contributed by atoms with van der Waals surface area (Å²) >= 11 is 0. The molecule has 22 heavy (non-hydrogen) atoms. The molecule has 8 heteroatoms. The number of rotatable bonds is 3. The zero-order valence-corrected chi connectivity index (χ0v) is 15.3. The Morgan fingerprint density at radius 3 is 3.00 bits per heavy atom. The third-order valence-corrected chi connectivity index (χ3v) is 4.49. The molecule has 1 aliphatic heterocycles. The van der Waals surface area contributed by atoms with Crippen LogP contribution in [0.3, 0.4) is 0 Å². The molecule has 1 aromatic heterocycles. The summed E-state index contributed by atoms with van der Waals surface area (Å²) in [5, 5.41) is 21.3. The van der Waals surface area contributed by atoms with Gasteiger partial charge in [-0.2, -0.15) is 5.10 Å². The van der Waals surface area contributed by atoms with E-state index in [9.17, 15) is 5.11 Å². The van der Waals surface area contributed by atoms with Crippen LogP contribution in [0, 0.1) is 0 Å². The molecule has 7 nitrogen and oxygen atoms in total. The monoisotopic (exact) mass is 420 g/mol. The van der Waals surface area contributed by atoms with Crippen LogP contribution >= 0.6 is 24.0 Å². The molecule has 0 saturated heterocycles. The van der Waals surface area contributed by atoms with Gasteiger partial charge in [-0.3, -0.25) is 4.99 Å². The Bertz CT molecular complexity index is 511. The van der Waals surface area contributed by atoms with Gasteiger partial charge in [0.25, 0.3) is 0 Å². The minimum Gasteiger partial charge on any atom is -0.388 e. The van der Waals surface area contributed by atoms with E-state index in [1.807, 2.05) is 4.68 Å². The van der Waals surface area contributed by atoms with Crippen LogP contribution in [0.2, 0.25) is 0 Å². The van der Waals surface area contributed by atoms with E-state index in [2.05, 4.69) is 25.7 Å². The molecule has 124 valence electrons. The molecule has 0 aromatic carbocycles. The molecule has 1 aromatic rings. The topological polar surface area (TPSA) is 87.4 Å². The first kappa shape index (κ1) is 17.5. The number of guanidine groups is 1. The first-order chi connectivity index (χ1) is 10.2. The van der Waals surface area contributed by atoms with Gasteiger partial charge >= 0.3 is 0 Å². The first-order valence-electron chi connectivity index (χ1n) is 7.75. The fourth-order valence-electron chi connectivity index (χ4n) is 3.20. The van der Waals surface area contributed by atoms with E-state index in [4.69, 9.17) is 0 Å². The zero-order chi connectivity index (χ0) is 14.7. The second-order valence-electron chi connectivity index (χ2n) is 6.10. The van der Waals surface area contributed by atoms with Crippen molar-refractivity contribution in [2.45, 2.75) is 56.7 Å². The van der Waals surface area contributed by atoms with E-state index in [-0.39, 0.29) is 24.0 Å². The summed E-state index contributed by atoms with van der Waals surface area (Å²) in [6, 6.07) is 0.295. The van der Waals surface area contributed by atoms with Gasteiger partial charge in [0.05, 0.1) is 12.1 Å². The Balaban J connectivity index is 0.00000176. The van der Waals surface area contributed by atoms with Gasteiger partial charge in [0, 0.05) is 26.1 Å². The highest BCUT2D eigenvalue weighted by atomic mass is 127. The largest absolute Gasteiger partial charge is 0.388 e. The number of hydrogen-bond donors (Lipinski definition) is 3. The summed E-state index contributed by atoms with van der Waals surface area (Å²) in [7, 11) is 1.76. The maximum atomic E-state index is 10.4. The molecule has 2 heterocycles. The van der Waals surface area contributed by atoms with Gasteiger partial charge in [-0.25, -0.2) is 9.67 Å². The van der Waals surface area contributed by atoms with Crippen molar-refractivity contribution in [2.24, 2.45) is 4.99 Å². The number of aromatic nitrogens is 3. The smallest absolute Gasteiger partial charge is 0.191 e. The molecule has 3 N–H and O–H groups in total. The summed E-state index contributed by atoms with van der Waals surface area (Å²) in [6.45, 7) is 1.37.